The van der Waals surface area contributed by atoms with Crippen LogP contribution in [0.1, 0.15) is 28.4 Å². The van der Waals surface area contributed by atoms with E-state index in [0.29, 0.717) is 17.3 Å². The molecule has 0 aliphatic rings. The SMILES string of the molecule is COC[C@@H](C)NC(=S)NNC(=O)c1ccc(C)c(C)c1. The van der Waals surface area contributed by atoms with Crippen molar-refractivity contribution in [1.29, 1.82) is 0 Å². The third-order valence-electron chi connectivity index (χ3n) is 2.85. The van der Waals surface area contributed by atoms with Crippen LogP contribution in [0.25, 0.3) is 0 Å². The fourth-order valence-corrected chi connectivity index (χ4v) is 1.87. The van der Waals surface area contributed by atoms with E-state index in [4.69, 9.17) is 17.0 Å². The zero-order chi connectivity index (χ0) is 15.1. The first-order valence-electron chi connectivity index (χ1n) is 6.37. The van der Waals surface area contributed by atoms with Gasteiger partial charge in [-0.15, -0.1) is 0 Å². The average Bonchev–Trinajstić information content (AvgIpc) is 2.39. The molecule has 0 aliphatic heterocycles. The third kappa shape index (κ3) is 5.14. The fraction of sp³-hybridized carbons (Fsp3) is 0.429. The number of carbonyl (C=O) groups is 1. The zero-order valence-electron chi connectivity index (χ0n) is 12.2. The maximum atomic E-state index is 11.9. The highest BCUT2D eigenvalue weighted by Crippen LogP contribution is 2.09. The number of rotatable bonds is 4. The smallest absolute Gasteiger partial charge is 0.269 e. The van der Waals surface area contributed by atoms with Crippen LogP contribution in [0.2, 0.25) is 0 Å². The molecule has 0 heterocycles. The minimum Gasteiger partial charge on any atom is -0.383 e. The van der Waals surface area contributed by atoms with Crippen molar-refractivity contribution in [2.24, 2.45) is 0 Å². The molecule has 1 atom stereocenters. The molecule has 0 fully saturated rings. The molecule has 0 unspecified atom stereocenters. The average molecular weight is 295 g/mol. The number of thiocarbonyl (C=S) groups is 1. The van der Waals surface area contributed by atoms with Gasteiger partial charge in [0.1, 0.15) is 0 Å². The van der Waals surface area contributed by atoms with E-state index in [1.165, 1.54) is 0 Å². The number of carbonyl (C=O) groups excluding carboxylic acids is 1. The topological polar surface area (TPSA) is 62.4 Å². The number of hydrazine groups is 1. The molecule has 0 saturated heterocycles. The summed E-state index contributed by atoms with van der Waals surface area (Å²) < 4.78 is 4.99. The molecule has 1 aromatic rings. The van der Waals surface area contributed by atoms with Crippen molar-refractivity contribution in [2.45, 2.75) is 26.8 Å². The van der Waals surface area contributed by atoms with Gasteiger partial charge in [0.25, 0.3) is 5.91 Å². The van der Waals surface area contributed by atoms with E-state index in [1.54, 1.807) is 13.2 Å². The standard InChI is InChI=1S/C14H21N3O2S/c1-9-5-6-12(7-10(9)2)13(18)16-17-14(20)15-11(3)8-19-4/h5-7,11H,8H2,1-4H3,(H,16,18)(H2,15,17,20)/t11-/m1/s1. The highest BCUT2D eigenvalue weighted by atomic mass is 32.1. The van der Waals surface area contributed by atoms with E-state index in [-0.39, 0.29) is 11.9 Å². The number of hydrogen-bond acceptors (Lipinski definition) is 3. The van der Waals surface area contributed by atoms with Crippen molar-refractivity contribution in [2.75, 3.05) is 13.7 Å². The summed E-state index contributed by atoms with van der Waals surface area (Å²) in [6, 6.07) is 5.61. The van der Waals surface area contributed by atoms with Crippen LogP contribution in [-0.4, -0.2) is 30.8 Å². The maximum Gasteiger partial charge on any atom is 0.269 e. The second-order valence-electron chi connectivity index (χ2n) is 4.71. The summed E-state index contributed by atoms with van der Waals surface area (Å²) in [5.41, 5.74) is 8.05. The van der Waals surface area contributed by atoms with E-state index >= 15 is 0 Å². The third-order valence-corrected chi connectivity index (χ3v) is 3.07. The normalized spacial score (nSPS) is 11.6. The van der Waals surface area contributed by atoms with Crippen molar-refractivity contribution in [1.82, 2.24) is 16.2 Å². The summed E-state index contributed by atoms with van der Waals surface area (Å²) in [4.78, 5) is 11.9. The second kappa shape index (κ2) is 7.81. The van der Waals surface area contributed by atoms with E-state index in [1.807, 2.05) is 32.9 Å². The Morgan fingerprint density at radius 1 is 1.30 bits per heavy atom. The highest BCUT2D eigenvalue weighted by molar-refractivity contribution is 7.80. The largest absolute Gasteiger partial charge is 0.383 e. The van der Waals surface area contributed by atoms with Crippen LogP contribution < -0.4 is 16.2 Å². The summed E-state index contributed by atoms with van der Waals surface area (Å²) in [6.45, 7) is 6.44. The minimum absolute atomic E-state index is 0.0681. The molecule has 20 heavy (non-hydrogen) atoms. The number of methoxy groups -OCH3 is 1. The van der Waals surface area contributed by atoms with Gasteiger partial charge >= 0.3 is 0 Å². The first-order valence-corrected chi connectivity index (χ1v) is 6.78. The Morgan fingerprint density at radius 2 is 2.00 bits per heavy atom. The van der Waals surface area contributed by atoms with E-state index in [0.717, 1.165) is 11.1 Å². The zero-order valence-corrected chi connectivity index (χ0v) is 13.1. The maximum absolute atomic E-state index is 11.9. The Morgan fingerprint density at radius 3 is 2.60 bits per heavy atom. The lowest BCUT2D eigenvalue weighted by atomic mass is 10.1. The van der Waals surface area contributed by atoms with Crippen LogP contribution in [0.4, 0.5) is 0 Å². The first-order chi connectivity index (χ1) is 9.43. The molecule has 0 radical (unpaired) electrons. The Labute approximate surface area is 125 Å². The van der Waals surface area contributed by atoms with Crippen LogP contribution in [0.15, 0.2) is 18.2 Å². The van der Waals surface area contributed by atoms with Crippen molar-refractivity contribution >= 4 is 23.2 Å². The monoisotopic (exact) mass is 295 g/mol. The van der Waals surface area contributed by atoms with Gasteiger partial charge in [-0.25, -0.2) is 0 Å². The second-order valence-corrected chi connectivity index (χ2v) is 5.12. The summed E-state index contributed by atoms with van der Waals surface area (Å²) in [5.74, 6) is -0.225. The molecule has 5 nitrogen and oxygen atoms in total. The fourth-order valence-electron chi connectivity index (χ4n) is 1.62. The highest BCUT2D eigenvalue weighted by Gasteiger charge is 2.08. The van der Waals surface area contributed by atoms with Gasteiger partial charge in [-0.3, -0.25) is 15.6 Å². The number of aryl methyl sites for hydroxylation is 2. The molecule has 1 rings (SSSR count). The van der Waals surface area contributed by atoms with Gasteiger partial charge in [-0.1, -0.05) is 6.07 Å². The number of benzene rings is 1. The van der Waals surface area contributed by atoms with E-state index in [9.17, 15) is 4.79 Å². The van der Waals surface area contributed by atoms with Gasteiger partial charge in [-0.2, -0.15) is 0 Å². The molecular weight excluding hydrogens is 274 g/mol. The van der Waals surface area contributed by atoms with E-state index < -0.39 is 0 Å². The van der Waals surface area contributed by atoms with E-state index in [2.05, 4.69) is 16.2 Å². The molecule has 0 saturated carbocycles. The molecule has 110 valence electrons. The molecule has 0 spiro atoms. The molecule has 0 bridgehead atoms. The summed E-state index contributed by atoms with van der Waals surface area (Å²) in [7, 11) is 1.62. The van der Waals surface area contributed by atoms with Crippen LogP contribution in [0, 0.1) is 13.8 Å². The predicted octanol–water partition coefficient (Wildman–Crippen LogP) is 1.45. The van der Waals surface area contributed by atoms with Gasteiger partial charge in [0, 0.05) is 18.7 Å². The minimum atomic E-state index is -0.225. The molecule has 0 aliphatic carbocycles. The number of nitrogens with one attached hydrogen (secondary N) is 3. The van der Waals surface area contributed by atoms with Gasteiger partial charge in [0.15, 0.2) is 5.11 Å². The lowest BCUT2D eigenvalue weighted by Crippen LogP contribution is -2.49. The van der Waals surface area contributed by atoms with Gasteiger partial charge in [-0.05, 0) is 56.2 Å². The van der Waals surface area contributed by atoms with Crippen LogP contribution >= 0.6 is 12.2 Å². The van der Waals surface area contributed by atoms with Crippen molar-refractivity contribution in [3.63, 3.8) is 0 Å². The summed E-state index contributed by atoms with van der Waals surface area (Å²) >= 11 is 5.07. The van der Waals surface area contributed by atoms with Gasteiger partial charge in [0.05, 0.1) is 6.61 Å². The van der Waals surface area contributed by atoms with Crippen LogP contribution in [0.5, 0.6) is 0 Å². The lowest BCUT2D eigenvalue weighted by molar-refractivity contribution is 0.0943. The Hall–Kier alpha value is -1.66. The molecule has 0 aromatic heterocycles. The number of ether oxygens (including phenoxy) is 1. The molecular formula is C14H21N3O2S. The Balaban J connectivity index is 2.46. The Bertz CT molecular complexity index is 491. The van der Waals surface area contributed by atoms with Gasteiger partial charge in [0.2, 0.25) is 0 Å². The predicted molar refractivity (Wildman–Crippen MR) is 83.6 cm³/mol. The molecule has 1 amide bonds. The Kier molecular flexibility index (Phi) is 6.41. The quantitative estimate of drug-likeness (QED) is 0.580. The van der Waals surface area contributed by atoms with Crippen molar-refractivity contribution in [3.05, 3.63) is 34.9 Å². The molecule has 1 aromatic carbocycles. The number of hydrogen-bond donors (Lipinski definition) is 3. The van der Waals surface area contributed by atoms with Crippen molar-refractivity contribution in [3.8, 4) is 0 Å². The van der Waals surface area contributed by atoms with Gasteiger partial charge < -0.3 is 10.1 Å². The summed E-state index contributed by atoms with van der Waals surface area (Å²) in [6.07, 6.45) is 0. The van der Waals surface area contributed by atoms with Crippen LogP contribution in [-0.2, 0) is 4.74 Å². The lowest BCUT2D eigenvalue weighted by Gasteiger charge is -2.16. The molecule has 6 heteroatoms. The van der Waals surface area contributed by atoms with Crippen LogP contribution in [0.3, 0.4) is 0 Å². The van der Waals surface area contributed by atoms with Crippen molar-refractivity contribution < 1.29 is 9.53 Å². The first kappa shape index (κ1) is 16.4. The molecule has 3 N–H and O–H groups in total. The summed E-state index contributed by atoms with van der Waals surface area (Å²) in [5, 5.41) is 3.34. The number of amides is 1.